The van der Waals surface area contributed by atoms with E-state index in [1.54, 1.807) is 24.3 Å². The molecule has 0 aliphatic rings. The second-order valence-electron chi connectivity index (χ2n) is 7.35. The lowest BCUT2D eigenvalue weighted by Gasteiger charge is -2.18. The molecule has 0 aromatic heterocycles. The van der Waals surface area contributed by atoms with Gasteiger partial charge >= 0.3 is 5.97 Å². The van der Waals surface area contributed by atoms with Gasteiger partial charge in [0.15, 0.2) is 0 Å². The number of carbonyl (C=O) groups excluding carboxylic acids is 2. The van der Waals surface area contributed by atoms with Crippen molar-refractivity contribution in [1.29, 1.82) is 0 Å². The summed E-state index contributed by atoms with van der Waals surface area (Å²) in [6, 6.07) is 16.9. The molecule has 1 unspecified atom stereocenters. The van der Waals surface area contributed by atoms with Crippen LogP contribution in [-0.2, 0) is 19.6 Å². The first-order valence-corrected chi connectivity index (χ1v) is 11.5. The summed E-state index contributed by atoms with van der Waals surface area (Å²) >= 11 is 0. The first-order chi connectivity index (χ1) is 15.7. The van der Waals surface area contributed by atoms with Crippen LogP contribution in [0.5, 0.6) is 0 Å². The van der Waals surface area contributed by atoms with Crippen molar-refractivity contribution < 1.29 is 27.1 Å². The summed E-state index contributed by atoms with van der Waals surface area (Å²) in [5, 5.41) is 2.71. The number of esters is 1. The van der Waals surface area contributed by atoms with E-state index in [0.717, 1.165) is 5.56 Å². The third kappa shape index (κ3) is 6.39. The Morgan fingerprint density at radius 1 is 0.939 bits per heavy atom. The monoisotopic (exact) mass is 470 g/mol. The maximum atomic E-state index is 13.3. The van der Waals surface area contributed by atoms with Gasteiger partial charge in [0, 0.05) is 11.3 Å². The Hall–Kier alpha value is -3.72. The Kier molecular flexibility index (Phi) is 7.44. The van der Waals surface area contributed by atoms with E-state index in [0.29, 0.717) is 11.3 Å². The molecule has 0 bridgehead atoms. The molecule has 1 amide bonds. The fourth-order valence-corrected chi connectivity index (χ4v) is 4.12. The van der Waals surface area contributed by atoms with Gasteiger partial charge in [0.1, 0.15) is 5.82 Å². The number of amides is 1. The van der Waals surface area contributed by atoms with Crippen molar-refractivity contribution in [2.45, 2.75) is 24.3 Å². The third-order valence-corrected chi connectivity index (χ3v) is 6.30. The Bertz CT molecular complexity index is 1230. The normalized spacial score (nSPS) is 12.0. The molecule has 0 fully saturated rings. The molecule has 2 N–H and O–H groups in total. The van der Waals surface area contributed by atoms with E-state index in [-0.39, 0.29) is 16.9 Å². The van der Waals surface area contributed by atoms with Gasteiger partial charge < -0.3 is 10.1 Å². The van der Waals surface area contributed by atoms with Crippen LogP contribution in [-0.4, -0.2) is 27.4 Å². The molecule has 0 saturated heterocycles. The van der Waals surface area contributed by atoms with Crippen molar-refractivity contribution in [3.63, 3.8) is 0 Å². The highest BCUT2D eigenvalue weighted by Crippen LogP contribution is 2.20. The summed E-state index contributed by atoms with van der Waals surface area (Å²) in [5.41, 5.74) is 2.14. The van der Waals surface area contributed by atoms with E-state index in [2.05, 4.69) is 14.8 Å². The number of carbonyl (C=O) groups is 2. The van der Waals surface area contributed by atoms with Crippen LogP contribution < -0.4 is 10.0 Å². The van der Waals surface area contributed by atoms with Gasteiger partial charge in [-0.2, -0.15) is 0 Å². The average molecular weight is 471 g/mol. The first kappa shape index (κ1) is 23.9. The Balaban J connectivity index is 1.75. The second-order valence-corrected chi connectivity index (χ2v) is 9.04. The maximum absolute atomic E-state index is 13.3. The molecular weight excluding hydrogens is 447 g/mol. The Morgan fingerprint density at radius 2 is 1.55 bits per heavy atom. The minimum absolute atomic E-state index is 0.00993. The number of methoxy groups -OCH3 is 1. The molecule has 172 valence electrons. The lowest BCUT2D eigenvalue weighted by atomic mass is 10.0. The summed E-state index contributed by atoms with van der Waals surface area (Å²) in [4.78, 5) is 24.5. The van der Waals surface area contributed by atoms with Crippen molar-refractivity contribution in [3.05, 3.63) is 95.3 Å². The quantitative estimate of drug-likeness (QED) is 0.485. The molecule has 0 heterocycles. The van der Waals surface area contributed by atoms with Crippen LogP contribution in [0.25, 0.3) is 0 Å². The number of aryl methyl sites for hydroxylation is 1. The molecule has 7 nitrogen and oxygen atoms in total. The van der Waals surface area contributed by atoms with Crippen LogP contribution in [0.3, 0.4) is 0 Å². The Labute approximate surface area is 191 Å². The van der Waals surface area contributed by atoms with Crippen LogP contribution >= 0.6 is 0 Å². The SMILES string of the molecule is COC(=O)CC(NC(=O)c1ccc(S(=O)(=O)Nc2ccc(C)cc2)cc1)c1ccc(F)cc1. The molecule has 9 heteroatoms. The molecule has 3 rings (SSSR count). The summed E-state index contributed by atoms with van der Waals surface area (Å²) in [5.74, 6) is -1.52. The number of hydrogen-bond donors (Lipinski definition) is 2. The predicted molar refractivity (Wildman–Crippen MR) is 122 cm³/mol. The number of hydrogen-bond acceptors (Lipinski definition) is 5. The first-order valence-electron chi connectivity index (χ1n) is 10.0. The van der Waals surface area contributed by atoms with E-state index in [1.807, 2.05) is 6.92 Å². The fraction of sp³-hybridized carbons (Fsp3) is 0.167. The number of sulfonamides is 1. The van der Waals surface area contributed by atoms with Crippen LogP contribution in [0.1, 0.15) is 33.9 Å². The number of benzene rings is 3. The molecule has 0 saturated carbocycles. The van der Waals surface area contributed by atoms with Gasteiger partial charge in [0.2, 0.25) is 0 Å². The summed E-state index contributed by atoms with van der Waals surface area (Å²) in [6.07, 6.45) is -0.152. The van der Waals surface area contributed by atoms with Crippen molar-refractivity contribution in [3.8, 4) is 0 Å². The average Bonchev–Trinajstić information content (AvgIpc) is 2.80. The fourth-order valence-electron chi connectivity index (χ4n) is 3.06. The van der Waals surface area contributed by atoms with E-state index in [1.165, 1.54) is 55.6 Å². The third-order valence-electron chi connectivity index (χ3n) is 4.91. The molecule has 33 heavy (non-hydrogen) atoms. The van der Waals surface area contributed by atoms with Gasteiger partial charge in [-0.25, -0.2) is 12.8 Å². The molecule has 1 atom stereocenters. The van der Waals surface area contributed by atoms with Crippen LogP contribution in [0.2, 0.25) is 0 Å². The zero-order chi connectivity index (χ0) is 24.0. The van der Waals surface area contributed by atoms with Crippen LogP contribution in [0.15, 0.2) is 77.7 Å². The van der Waals surface area contributed by atoms with Crippen LogP contribution in [0.4, 0.5) is 10.1 Å². The minimum atomic E-state index is -3.84. The molecule has 0 spiro atoms. The molecular formula is C24H23FN2O5S. The summed E-state index contributed by atoms with van der Waals surface area (Å²) in [7, 11) is -2.60. The maximum Gasteiger partial charge on any atom is 0.307 e. The standard InChI is InChI=1S/C24H23FN2O5S/c1-16-3-11-20(12-4-16)27-33(30,31)21-13-7-18(8-14-21)24(29)26-22(15-23(28)32-2)17-5-9-19(25)10-6-17/h3-14,22,27H,15H2,1-2H3,(H,26,29). The number of ether oxygens (including phenoxy) is 1. The zero-order valence-electron chi connectivity index (χ0n) is 18.0. The molecule has 0 aliphatic carbocycles. The number of nitrogens with one attached hydrogen (secondary N) is 2. The number of halogens is 1. The van der Waals surface area contributed by atoms with Crippen molar-refractivity contribution >= 4 is 27.6 Å². The van der Waals surface area contributed by atoms with E-state index < -0.39 is 33.8 Å². The van der Waals surface area contributed by atoms with E-state index >= 15 is 0 Å². The van der Waals surface area contributed by atoms with Gasteiger partial charge in [0.25, 0.3) is 15.9 Å². The highest BCUT2D eigenvalue weighted by Gasteiger charge is 2.21. The molecule has 3 aromatic rings. The lowest BCUT2D eigenvalue weighted by molar-refractivity contribution is -0.141. The predicted octanol–water partition coefficient (Wildman–Crippen LogP) is 3.97. The second kappa shape index (κ2) is 10.3. The summed E-state index contributed by atoms with van der Waals surface area (Å²) < 4.78 is 45.7. The van der Waals surface area contributed by atoms with Crippen LogP contribution in [0, 0.1) is 12.7 Å². The largest absolute Gasteiger partial charge is 0.469 e. The van der Waals surface area contributed by atoms with Gasteiger partial charge in [-0.05, 0) is 61.0 Å². The number of rotatable bonds is 8. The van der Waals surface area contributed by atoms with Gasteiger partial charge in [0.05, 0.1) is 24.5 Å². The van der Waals surface area contributed by atoms with Gasteiger partial charge in [-0.15, -0.1) is 0 Å². The van der Waals surface area contributed by atoms with Crippen molar-refractivity contribution in [2.75, 3.05) is 11.8 Å². The number of anilines is 1. The zero-order valence-corrected chi connectivity index (χ0v) is 18.9. The van der Waals surface area contributed by atoms with Crippen molar-refractivity contribution in [1.82, 2.24) is 5.32 Å². The van der Waals surface area contributed by atoms with Gasteiger partial charge in [-0.3, -0.25) is 14.3 Å². The smallest absolute Gasteiger partial charge is 0.307 e. The van der Waals surface area contributed by atoms with E-state index in [9.17, 15) is 22.4 Å². The van der Waals surface area contributed by atoms with Gasteiger partial charge in [-0.1, -0.05) is 29.8 Å². The highest BCUT2D eigenvalue weighted by molar-refractivity contribution is 7.92. The van der Waals surface area contributed by atoms with E-state index in [4.69, 9.17) is 0 Å². The van der Waals surface area contributed by atoms with Crippen molar-refractivity contribution in [2.24, 2.45) is 0 Å². The lowest BCUT2D eigenvalue weighted by Crippen LogP contribution is -2.30. The minimum Gasteiger partial charge on any atom is -0.469 e. The molecule has 0 radical (unpaired) electrons. The molecule has 0 aliphatic heterocycles. The molecule has 3 aromatic carbocycles. The highest BCUT2D eigenvalue weighted by atomic mass is 32.2. The Morgan fingerprint density at radius 3 is 2.12 bits per heavy atom. The summed E-state index contributed by atoms with van der Waals surface area (Å²) in [6.45, 7) is 1.90. The topological polar surface area (TPSA) is 102 Å².